The maximum absolute atomic E-state index is 4.13. The molecular weight excluding hydrogens is 226 g/mol. The highest BCUT2D eigenvalue weighted by molar-refractivity contribution is 5.19. The van der Waals surface area contributed by atoms with Gasteiger partial charge in [0.05, 0.1) is 12.6 Å². The summed E-state index contributed by atoms with van der Waals surface area (Å²) in [7, 11) is 0. The van der Waals surface area contributed by atoms with Crippen LogP contribution in [0.1, 0.15) is 37.7 Å². The summed E-state index contributed by atoms with van der Waals surface area (Å²) < 4.78 is 1.91. The van der Waals surface area contributed by atoms with Crippen molar-refractivity contribution in [1.82, 2.24) is 25.5 Å². The van der Waals surface area contributed by atoms with Crippen molar-refractivity contribution >= 4 is 0 Å². The first-order valence-corrected chi connectivity index (χ1v) is 6.39. The third-order valence-electron chi connectivity index (χ3n) is 2.96. The Bertz CT molecular complexity index is 465. The fourth-order valence-electron chi connectivity index (χ4n) is 2.03. The Balaban J connectivity index is 2.25. The summed E-state index contributed by atoms with van der Waals surface area (Å²) in [6.07, 6.45) is 0.966. The topological polar surface area (TPSA) is 55.6 Å². The van der Waals surface area contributed by atoms with Crippen molar-refractivity contribution in [2.75, 3.05) is 6.54 Å². The first-order chi connectivity index (χ1) is 8.86. The van der Waals surface area contributed by atoms with E-state index in [4.69, 9.17) is 0 Å². The summed E-state index contributed by atoms with van der Waals surface area (Å²) in [4.78, 5) is 0. The Labute approximate surface area is 107 Å². The van der Waals surface area contributed by atoms with Crippen molar-refractivity contribution in [3.63, 3.8) is 0 Å². The van der Waals surface area contributed by atoms with Gasteiger partial charge in [-0.3, -0.25) is 0 Å². The van der Waals surface area contributed by atoms with Crippen LogP contribution in [0.5, 0.6) is 0 Å². The molecule has 0 amide bonds. The number of nitrogens with zero attached hydrogens (tertiary/aromatic N) is 4. The molecule has 5 heteroatoms. The smallest absolute Gasteiger partial charge is 0.165 e. The van der Waals surface area contributed by atoms with Crippen LogP contribution in [0, 0.1) is 0 Å². The second-order valence-corrected chi connectivity index (χ2v) is 4.15. The van der Waals surface area contributed by atoms with Crippen LogP contribution >= 0.6 is 0 Å². The van der Waals surface area contributed by atoms with Crippen LogP contribution in [-0.2, 0) is 6.54 Å². The molecule has 0 bridgehead atoms. The second-order valence-electron chi connectivity index (χ2n) is 4.15. The standard InChI is InChI=1S/C13H19N5/c1-3-12(11-8-6-5-7-9-11)18-13(10-14-4-2)15-16-17-18/h5-9,12,14H,3-4,10H2,1-2H3. The minimum absolute atomic E-state index is 0.204. The van der Waals surface area contributed by atoms with E-state index in [1.54, 1.807) is 0 Å². The molecule has 1 unspecified atom stereocenters. The van der Waals surface area contributed by atoms with Gasteiger partial charge in [0.1, 0.15) is 0 Å². The Morgan fingerprint density at radius 1 is 1.22 bits per heavy atom. The van der Waals surface area contributed by atoms with Crippen LogP contribution in [0.3, 0.4) is 0 Å². The van der Waals surface area contributed by atoms with Crippen LogP contribution < -0.4 is 5.32 Å². The van der Waals surface area contributed by atoms with Gasteiger partial charge in [-0.2, -0.15) is 0 Å². The molecule has 5 nitrogen and oxygen atoms in total. The van der Waals surface area contributed by atoms with Gasteiger partial charge in [0.15, 0.2) is 5.82 Å². The van der Waals surface area contributed by atoms with Crippen molar-refractivity contribution in [3.8, 4) is 0 Å². The fraction of sp³-hybridized carbons (Fsp3) is 0.462. The van der Waals surface area contributed by atoms with Gasteiger partial charge in [-0.25, -0.2) is 4.68 Å². The summed E-state index contributed by atoms with van der Waals surface area (Å²) in [5.74, 6) is 0.882. The van der Waals surface area contributed by atoms with E-state index in [2.05, 4.69) is 46.8 Å². The van der Waals surface area contributed by atoms with E-state index in [0.29, 0.717) is 6.54 Å². The summed E-state index contributed by atoms with van der Waals surface area (Å²) in [6.45, 7) is 5.83. The molecule has 0 radical (unpaired) electrons. The van der Waals surface area contributed by atoms with Gasteiger partial charge in [-0.05, 0) is 29.0 Å². The molecule has 96 valence electrons. The summed E-state index contributed by atoms with van der Waals surface area (Å²) >= 11 is 0. The summed E-state index contributed by atoms with van der Waals surface area (Å²) in [6, 6.07) is 10.6. The third-order valence-corrected chi connectivity index (χ3v) is 2.96. The third kappa shape index (κ3) is 2.73. The number of hydrogen-bond acceptors (Lipinski definition) is 4. The zero-order valence-electron chi connectivity index (χ0n) is 10.9. The number of nitrogens with one attached hydrogen (secondary N) is 1. The molecule has 1 aromatic carbocycles. The first-order valence-electron chi connectivity index (χ1n) is 6.39. The van der Waals surface area contributed by atoms with E-state index in [-0.39, 0.29) is 6.04 Å². The number of rotatable bonds is 6. The van der Waals surface area contributed by atoms with E-state index >= 15 is 0 Å². The minimum atomic E-state index is 0.204. The van der Waals surface area contributed by atoms with Crippen LogP contribution in [-0.4, -0.2) is 26.8 Å². The molecule has 2 aromatic rings. The molecule has 0 saturated heterocycles. The summed E-state index contributed by atoms with van der Waals surface area (Å²) in [5.41, 5.74) is 1.24. The van der Waals surface area contributed by atoms with E-state index < -0.39 is 0 Å². The lowest BCUT2D eigenvalue weighted by atomic mass is 10.1. The first kappa shape index (κ1) is 12.7. The average Bonchev–Trinajstić information content (AvgIpc) is 2.87. The van der Waals surface area contributed by atoms with Gasteiger partial charge < -0.3 is 5.32 Å². The quantitative estimate of drug-likeness (QED) is 0.843. The maximum atomic E-state index is 4.13. The Morgan fingerprint density at radius 2 is 2.00 bits per heavy atom. The molecule has 0 saturated carbocycles. The molecule has 1 N–H and O–H groups in total. The van der Waals surface area contributed by atoms with E-state index in [1.165, 1.54) is 5.56 Å². The molecule has 0 spiro atoms. The highest BCUT2D eigenvalue weighted by Crippen LogP contribution is 2.21. The van der Waals surface area contributed by atoms with Gasteiger partial charge >= 0.3 is 0 Å². The van der Waals surface area contributed by atoms with Gasteiger partial charge in [0.2, 0.25) is 0 Å². The minimum Gasteiger partial charge on any atom is -0.310 e. The van der Waals surface area contributed by atoms with Crippen molar-refractivity contribution in [1.29, 1.82) is 0 Å². The number of aromatic nitrogens is 4. The predicted molar refractivity (Wildman–Crippen MR) is 70.1 cm³/mol. The highest BCUT2D eigenvalue weighted by atomic mass is 15.6. The van der Waals surface area contributed by atoms with Crippen molar-refractivity contribution in [3.05, 3.63) is 41.7 Å². The molecular formula is C13H19N5. The zero-order valence-corrected chi connectivity index (χ0v) is 10.9. The number of tetrazole rings is 1. The van der Waals surface area contributed by atoms with Crippen LogP contribution in [0.2, 0.25) is 0 Å². The van der Waals surface area contributed by atoms with Gasteiger partial charge in [0.25, 0.3) is 0 Å². The largest absolute Gasteiger partial charge is 0.310 e. The number of hydrogen-bond donors (Lipinski definition) is 1. The van der Waals surface area contributed by atoms with Crippen molar-refractivity contribution in [2.45, 2.75) is 32.9 Å². The Morgan fingerprint density at radius 3 is 2.67 bits per heavy atom. The lowest BCUT2D eigenvalue weighted by Crippen LogP contribution is -2.20. The fourth-order valence-corrected chi connectivity index (χ4v) is 2.03. The molecule has 0 aliphatic rings. The van der Waals surface area contributed by atoms with Crippen LogP contribution in [0.15, 0.2) is 30.3 Å². The lowest BCUT2D eigenvalue weighted by molar-refractivity contribution is 0.467. The normalized spacial score (nSPS) is 12.6. The molecule has 0 aliphatic heterocycles. The maximum Gasteiger partial charge on any atom is 0.165 e. The Kier molecular flexibility index (Phi) is 4.41. The van der Waals surface area contributed by atoms with Gasteiger partial charge in [-0.15, -0.1) is 5.10 Å². The molecule has 0 fully saturated rings. The predicted octanol–water partition coefficient (Wildman–Crippen LogP) is 1.78. The average molecular weight is 245 g/mol. The number of benzene rings is 1. The molecule has 1 aromatic heterocycles. The molecule has 18 heavy (non-hydrogen) atoms. The molecule has 0 aliphatic carbocycles. The highest BCUT2D eigenvalue weighted by Gasteiger charge is 2.16. The molecule has 2 rings (SSSR count). The monoisotopic (exact) mass is 245 g/mol. The van der Waals surface area contributed by atoms with Gasteiger partial charge in [-0.1, -0.05) is 44.2 Å². The zero-order chi connectivity index (χ0) is 12.8. The molecule has 1 heterocycles. The van der Waals surface area contributed by atoms with Crippen molar-refractivity contribution < 1.29 is 0 Å². The van der Waals surface area contributed by atoms with Crippen LogP contribution in [0.4, 0.5) is 0 Å². The SMILES string of the molecule is CCNCc1nnnn1C(CC)c1ccccc1. The Hall–Kier alpha value is -1.75. The lowest BCUT2D eigenvalue weighted by Gasteiger charge is -2.17. The van der Waals surface area contributed by atoms with Gasteiger partial charge in [0, 0.05) is 0 Å². The molecule has 1 atom stereocenters. The second kappa shape index (κ2) is 6.26. The van der Waals surface area contributed by atoms with E-state index in [9.17, 15) is 0 Å². The summed E-state index contributed by atoms with van der Waals surface area (Å²) in [5, 5.41) is 15.3. The van der Waals surface area contributed by atoms with E-state index in [0.717, 1.165) is 18.8 Å². The van der Waals surface area contributed by atoms with Crippen LogP contribution in [0.25, 0.3) is 0 Å². The van der Waals surface area contributed by atoms with Crippen molar-refractivity contribution in [2.24, 2.45) is 0 Å². The van der Waals surface area contributed by atoms with E-state index in [1.807, 2.05) is 22.9 Å².